The van der Waals surface area contributed by atoms with Gasteiger partial charge in [-0.2, -0.15) is 0 Å². The van der Waals surface area contributed by atoms with Crippen LogP contribution in [0.4, 0.5) is 5.69 Å². The first-order chi connectivity index (χ1) is 9.39. The first kappa shape index (κ1) is 13.4. The van der Waals surface area contributed by atoms with Crippen LogP contribution < -0.4 is 5.73 Å². The van der Waals surface area contributed by atoms with E-state index in [0.717, 1.165) is 4.31 Å². The normalized spacial score (nSPS) is 16.4. The Labute approximate surface area is 124 Å². The smallest absolute Gasteiger partial charge is 0.269 e. The van der Waals surface area contributed by atoms with Crippen LogP contribution in [0, 0.1) is 0 Å². The molecule has 0 saturated heterocycles. The lowest BCUT2D eigenvalue weighted by Crippen LogP contribution is -2.29. The predicted octanol–water partition coefficient (Wildman–Crippen LogP) is 2.33. The molecule has 3 rings (SSSR count). The maximum absolute atomic E-state index is 12.4. The molecular formula is C12H9ClN2O3S2. The first-order valence-electron chi connectivity index (χ1n) is 5.60. The number of halogens is 1. The molecule has 1 amide bonds. The van der Waals surface area contributed by atoms with Crippen molar-refractivity contribution in [1.29, 1.82) is 0 Å². The highest BCUT2D eigenvalue weighted by Crippen LogP contribution is 2.34. The minimum Gasteiger partial charge on any atom is -0.399 e. The third kappa shape index (κ3) is 1.98. The van der Waals surface area contributed by atoms with E-state index in [9.17, 15) is 13.2 Å². The number of hydrogen-bond acceptors (Lipinski definition) is 5. The molecule has 5 nitrogen and oxygen atoms in total. The second kappa shape index (κ2) is 4.47. The van der Waals surface area contributed by atoms with Gasteiger partial charge in [0, 0.05) is 10.6 Å². The standard InChI is InChI=1S/C12H9ClN2O3S2/c13-11-4-2-8(19-11)6-15-12(16)9-3-1-7(14)5-10(9)20(15,17)18/h1-5H,6,14H2. The number of amides is 1. The number of fused-ring (bicyclic) bond motifs is 1. The fourth-order valence-corrected chi connectivity index (χ4v) is 4.77. The molecule has 2 heterocycles. The monoisotopic (exact) mass is 328 g/mol. The maximum Gasteiger partial charge on any atom is 0.269 e. The highest BCUT2D eigenvalue weighted by Gasteiger charge is 2.41. The second-order valence-corrected chi connectivity index (χ2v) is 7.91. The highest BCUT2D eigenvalue weighted by molar-refractivity contribution is 7.90. The molecule has 1 aliphatic heterocycles. The number of nitrogens with two attached hydrogens (primary N) is 1. The first-order valence-corrected chi connectivity index (χ1v) is 8.24. The van der Waals surface area contributed by atoms with Crippen molar-refractivity contribution in [3.8, 4) is 0 Å². The molecule has 1 aromatic carbocycles. The van der Waals surface area contributed by atoms with Gasteiger partial charge in [0.05, 0.1) is 16.4 Å². The van der Waals surface area contributed by atoms with E-state index >= 15 is 0 Å². The topological polar surface area (TPSA) is 80.5 Å². The Morgan fingerprint density at radius 2 is 2.00 bits per heavy atom. The van der Waals surface area contributed by atoms with E-state index < -0.39 is 15.9 Å². The van der Waals surface area contributed by atoms with Crippen molar-refractivity contribution in [1.82, 2.24) is 4.31 Å². The number of hydrogen-bond donors (Lipinski definition) is 1. The molecule has 0 fully saturated rings. The van der Waals surface area contributed by atoms with Gasteiger partial charge in [-0.15, -0.1) is 11.3 Å². The van der Waals surface area contributed by atoms with Crippen molar-refractivity contribution < 1.29 is 13.2 Å². The van der Waals surface area contributed by atoms with Crippen molar-refractivity contribution in [2.45, 2.75) is 11.4 Å². The summed E-state index contributed by atoms with van der Waals surface area (Å²) in [6, 6.07) is 7.63. The van der Waals surface area contributed by atoms with Gasteiger partial charge in [-0.05, 0) is 30.3 Å². The summed E-state index contributed by atoms with van der Waals surface area (Å²) in [4.78, 5) is 12.9. The fraction of sp³-hybridized carbons (Fsp3) is 0.0833. The molecule has 1 aromatic heterocycles. The number of nitrogen functional groups attached to an aromatic ring is 1. The SMILES string of the molecule is Nc1ccc2c(c1)S(=O)(=O)N(Cc1ccc(Cl)s1)C2=O. The number of sulfonamides is 1. The van der Waals surface area contributed by atoms with Crippen LogP contribution in [0.25, 0.3) is 0 Å². The van der Waals surface area contributed by atoms with E-state index in [2.05, 4.69) is 0 Å². The summed E-state index contributed by atoms with van der Waals surface area (Å²) in [7, 11) is -3.84. The van der Waals surface area contributed by atoms with Crippen LogP contribution in [-0.4, -0.2) is 18.6 Å². The minimum atomic E-state index is -3.84. The lowest BCUT2D eigenvalue weighted by Gasteiger charge is -2.13. The van der Waals surface area contributed by atoms with E-state index in [1.807, 2.05) is 0 Å². The molecule has 0 unspecified atom stereocenters. The molecule has 1 aliphatic rings. The Morgan fingerprint density at radius 1 is 1.25 bits per heavy atom. The Hall–Kier alpha value is -1.57. The minimum absolute atomic E-state index is 0.0207. The molecule has 0 saturated carbocycles. The molecule has 20 heavy (non-hydrogen) atoms. The largest absolute Gasteiger partial charge is 0.399 e. The summed E-state index contributed by atoms with van der Waals surface area (Å²) in [6.45, 7) is -0.0207. The molecular weight excluding hydrogens is 320 g/mol. The third-order valence-corrected chi connectivity index (χ3v) is 5.94. The van der Waals surface area contributed by atoms with Gasteiger partial charge >= 0.3 is 0 Å². The summed E-state index contributed by atoms with van der Waals surface area (Å²) < 4.78 is 26.2. The van der Waals surface area contributed by atoms with Crippen molar-refractivity contribution in [3.05, 3.63) is 45.1 Å². The molecule has 0 aliphatic carbocycles. The fourth-order valence-electron chi connectivity index (χ4n) is 2.03. The van der Waals surface area contributed by atoms with Gasteiger partial charge in [0.25, 0.3) is 15.9 Å². The molecule has 8 heteroatoms. The van der Waals surface area contributed by atoms with Crippen molar-refractivity contribution in [2.75, 3.05) is 5.73 Å². The van der Waals surface area contributed by atoms with E-state index in [0.29, 0.717) is 14.9 Å². The van der Waals surface area contributed by atoms with Crippen molar-refractivity contribution in [3.63, 3.8) is 0 Å². The summed E-state index contributed by atoms with van der Waals surface area (Å²) in [6.07, 6.45) is 0. The number of rotatable bonds is 2. The Kier molecular flexibility index (Phi) is 3.00. The lowest BCUT2D eigenvalue weighted by atomic mass is 10.2. The molecule has 2 N–H and O–H groups in total. The van der Waals surface area contributed by atoms with E-state index in [-0.39, 0.29) is 17.0 Å². The van der Waals surface area contributed by atoms with Crippen LogP contribution >= 0.6 is 22.9 Å². The number of carbonyl (C=O) groups is 1. The van der Waals surface area contributed by atoms with E-state index in [1.54, 1.807) is 12.1 Å². The number of thiophene rings is 1. The van der Waals surface area contributed by atoms with Gasteiger partial charge in [0.15, 0.2) is 0 Å². The van der Waals surface area contributed by atoms with Gasteiger partial charge in [-0.25, -0.2) is 12.7 Å². The van der Waals surface area contributed by atoms with Gasteiger partial charge in [-0.3, -0.25) is 4.79 Å². The number of benzene rings is 1. The zero-order valence-corrected chi connectivity index (χ0v) is 12.4. The predicted molar refractivity (Wildman–Crippen MR) is 77.2 cm³/mol. The van der Waals surface area contributed by atoms with E-state index in [4.69, 9.17) is 17.3 Å². The van der Waals surface area contributed by atoms with Crippen LogP contribution in [0.15, 0.2) is 35.2 Å². The van der Waals surface area contributed by atoms with Gasteiger partial charge in [-0.1, -0.05) is 11.6 Å². The van der Waals surface area contributed by atoms with Crippen LogP contribution in [0.2, 0.25) is 4.34 Å². The quantitative estimate of drug-likeness (QED) is 0.858. The average Bonchev–Trinajstić information content (AvgIpc) is 2.86. The molecule has 2 aromatic rings. The molecule has 0 bridgehead atoms. The van der Waals surface area contributed by atoms with E-state index in [1.165, 1.54) is 29.5 Å². The van der Waals surface area contributed by atoms with Gasteiger partial charge < -0.3 is 5.73 Å². The molecule has 104 valence electrons. The molecule has 0 radical (unpaired) electrons. The van der Waals surface area contributed by atoms with Gasteiger partial charge in [0.1, 0.15) is 4.90 Å². The lowest BCUT2D eigenvalue weighted by molar-refractivity contribution is 0.0866. The molecule has 0 spiro atoms. The maximum atomic E-state index is 12.4. The number of anilines is 1. The van der Waals surface area contributed by atoms with Crippen LogP contribution in [0.3, 0.4) is 0 Å². The molecule has 0 atom stereocenters. The number of nitrogens with zero attached hydrogens (tertiary/aromatic N) is 1. The van der Waals surface area contributed by atoms with Gasteiger partial charge in [0.2, 0.25) is 0 Å². The zero-order chi connectivity index (χ0) is 14.5. The summed E-state index contributed by atoms with van der Waals surface area (Å²) >= 11 is 7.05. The Morgan fingerprint density at radius 3 is 2.65 bits per heavy atom. The zero-order valence-electron chi connectivity index (χ0n) is 10.0. The Balaban J connectivity index is 2.05. The average molecular weight is 329 g/mol. The summed E-state index contributed by atoms with van der Waals surface area (Å²) in [5, 5.41) is 0. The number of carbonyl (C=O) groups excluding carboxylic acids is 1. The summed E-state index contributed by atoms with van der Waals surface area (Å²) in [5.41, 5.74) is 6.05. The highest BCUT2D eigenvalue weighted by atomic mass is 35.5. The van der Waals surface area contributed by atoms with Crippen LogP contribution in [0.5, 0.6) is 0 Å². The van der Waals surface area contributed by atoms with Crippen molar-refractivity contribution >= 4 is 44.6 Å². The van der Waals surface area contributed by atoms with Crippen molar-refractivity contribution in [2.24, 2.45) is 0 Å². The second-order valence-electron chi connectivity index (χ2n) is 4.28. The third-order valence-electron chi connectivity index (χ3n) is 2.96. The van der Waals surface area contributed by atoms with Crippen LogP contribution in [0.1, 0.15) is 15.2 Å². The Bertz CT molecular complexity index is 814. The van der Waals surface area contributed by atoms with Crippen LogP contribution in [-0.2, 0) is 16.6 Å². The summed E-state index contributed by atoms with van der Waals surface area (Å²) in [5.74, 6) is -0.537.